The summed E-state index contributed by atoms with van der Waals surface area (Å²) in [7, 11) is -3.34. The van der Waals surface area contributed by atoms with E-state index in [4.69, 9.17) is 5.11 Å². The quantitative estimate of drug-likeness (QED) is 0.761. The second kappa shape index (κ2) is 4.82. The van der Waals surface area contributed by atoms with Crippen molar-refractivity contribution in [3.63, 3.8) is 0 Å². The number of carbonyl (C=O) groups is 1. The first-order valence-electron chi connectivity index (χ1n) is 5.21. The third-order valence-corrected chi connectivity index (χ3v) is 3.87. The number of carbonyl (C=O) groups excluding carboxylic acids is 1. The molecule has 0 bridgehead atoms. The lowest BCUT2D eigenvalue weighted by molar-refractivity contribution is -0.140. The molecule has 0 aliphatic carbocycles. The molecule has 9 heteroatoms. The molecular formula is C9H13N3O4S2. The molecule has 0 radical (unpaired) electrons. The van der Waals surface area contributed by atoms with Gasteiger partial charge in [-0.1, -0.05) is 0 Å². The third kappa shape index (κ3) is 3.40. The van der Waals surface area contributed by atoms with E-state index in [2.05, 4.69) is 9.71 Å². The third-order valence-electron chi connectivity index (χ3n) is 2.37. The molecule has 0 aromatic carbocycles. The number of likely N-dealkylation sites (tertiary alicyclic amines) is 1. The highest BCUT2D eigenvalue weighted by atomic mass is 32.2. The SMILES string of the molecule is CS(=O)(=O)Nc1nc(CC(=O)N2CC(O)C2)cs1. The van der Waals surface area contributed by atoms with Crippen LogP contribution >= 0.6 is 11.3 Å². The molecule has 7 nitrogen and oxygen atoms in total. The van der Waals surface area contributed by atoms with Crippen LogP contribution in [0.4, 0.5) is 5.13 Å². The van der Waals surface area contributed by atoms with Crippen molar-refractivity contribution >= 4 is 32.4 Å². The Morgan fingerprint density at radius 3 is 2.89 bits per heavy atom. The Morgan fingerprint density at radius 1 is 1.67 bits per heavy atom. The average Bonchev–Trinajstić information content (AvgIpc) is 2.57. The topological polar surface area (TPSA) is 99.6 Å². The Labute approximate surface area is 109 Å². The van der Waals surface area contributed by atoms with Crippen LogP contribution in [0.5, 0.6) is 0 Å². The van der Waals surface area contributed by atoms with Gasteiger partial charge in [0.2, 0.25) is 15.9 Å². The van der Waals surface area contributed by atoms with Crippen LogP contribution in [0.15, 0.2) is 5.38 Å². The van der Waals surface area contributed by atoms with Gasteiger partial charge in [-0.15, -0.1) is 11.3 Å². The summed E-state index contributed by atoms with van der Waals surface area (Å²) >= 11 is 1.13. The van der Waals surface area contributed by atoms with Crippen LogP contribution in [0.25, 0.3) is 0 Å². The normalized spacial score (nSPS) is 16.4. The van der Waals surface area contributed by atoms with Gasteiger partial charge in [0.25, 0.3) is 0 Å². The Morgan fingerprint density at radius 2 is 2.33 bits per heavy atom. The molecule has 2 N–H and O–H groups in total. The van der Waals surface area contributed by atoms with Gasteiger partial charge in [0.15, 0.2) is 5.13 Å². The maximum absolute atomic E-state index is 11.7. The van der Waals surface area contributed by atoms with Crippen LogP contribution in [-0.2, 0) is 21.2 Å². The van der Waals surface area contributed by atoms with Crippen LogP contribution in [-0.4, -0.2) is 54.8 Å². The van der Waals surface area contributed by atoms with E-state index >= 15 is 0 Å². The van der Waals surface area contributed by atoms with Crippen LogP contribution < -0.4 is 4.72 Å². The Balaban J connectivity index is 1.92. The fraction of sp³-hybridized carbons (Fsp3) is 0.556. The molecule has 0 unspecified atom stereocenters. The van der Waals surface area contributed by atoms with Gasteiger partial charge in [-0.25, -0.2) is 13.4 Å². The minimum absolute atomic E-state index is 0.114. The molecule has 1 saturated heterocycles. The smallest absolute Gasteiger partial charge is 0.231 e. The van der Waals surface area contributed by atoms with Crippen molar-refractivity contribution in [2.75, 3.05) is 24.1 Å². The minimum Gasteiger partial charge on any atom is -0.389 e. The predicted molar refractivity (Wildman–Crippen MR) is 66.9 cm³/mol. The number of anilines is 1. The number of aliphatic hydroxyl groups is 1. The van der Waals surface area contributed by atoms with Crippen molar-refractivity contribution in [3.05, 3.63) is 11.1 Å². The van der Waals surface area contributed by atoms with Crippen molar-refractivity contribution < 1.29 is 18.3 Å². The van der Waals surface area contributed by atoms with Crippen LogP contribution in [0.1, 0.15) is 5.69 Å². The lowest BCUT2D eigenvalue weighted by atomic mass is 10.1. The number of aromatic nitrogens is 1. The minimum atomic E-state index is -3.34. The highest BCUT2D eigenvalue weighted by molar-refractivity contribution is 7.92. The van der Waals surface area contributed by atoms with Crippen LogP contribution in [0, 0.1) is 0 Å². The van der Waals surface area contributed by atoms with Crippen LogP contribution in [0.2, 0.25) is 0 Å². The molecule has 2 heterocycles. The fourth-order valence-electron chi connectivity index (χ4n) is 1.52. The van der Waals surface area contributed by atoms with Gasteiger partial charge in [-0.2, -0.15) is 0 Å². The van der Waals surface area contributed by atoms with Crippen molar-refractivity contribution in [1.82, 2.24) is 9.88 Å². The molecule has 0 saturated carbocycles. The zero-order valence-electron chi connectivity index (χ0n) is 9.66. The van der Waals surface area contributed by atoms with Gasteiger partial charge < -0.3 is 10.0 Å². The standard InChI is InChI=1S/C9H13N3O4S2/c1-18(15,16)11-9-10-6(5-17-9)2-8(14)12-3-7(13)4-12/h5,7,13H,2-4H2,1H3,(H,10,11). The molecular weight excluding hydrogens is 278 g/mol. The molecule has 1 amide bonds. The average molecular weight is 291 g/mol. The highest BCUT2D eigenvalue weighted by Crippen LogP contribution is 2.18. The maximum atomic E-state index is 11.7. The number of aliphatic hydroxyl groups excluding tert-OH is 1. The molecule has 1 aliphatic rings. The molecule has 18 heavy (non-hydrogen) atoms. The Kier molecular flexibility index (Phi) is 3.55. The van der Waals surface area contributed by atoms with Gasteiger partial charge in [-0.05, 0) is 0 Å². The molecule has 1 aromatic rings. The first kappa shape index (κ1) is 13.2. The summed E-state index contributed by atoms with van der Waals surface area (Å²) in [6, 6.07) is 0. The van der Waals surface area contributed by atoms with Gasteiger partial charge in [-0.3, -0.25) is 9.52 Å². The number of nitrogens with one attached hydrogen (secondary N) is 1. The molecule has 0 spiro atoms. The molecule has 1 fully saturated rings. The first-order valence-corrected chi connectivity index (χ1v) is 7.98. The van der Waals surface area contributed by atoms with Gasteiger partial charge in [0.05, 0.1) is 24.5 Å². The lowest BCUT2D eigenvalue weighted by Gasteiger charge is -2.35. The first-order chi connectivity index (χ1) is 8.33. The number of rotatable bonds is 4. The van der Waals surface area contributed by atoms with E-state index in [9.17, 15) is 13.2 Å². The Hall–Kier alpha value is -1.19. The van der Waals surface area contributed by atoms with Crippen molar-refractivity contribution in [2.45, 2.75) is 12.5 Å². The maximum Gasteiger partial charge on any atom is 0.231 e. The summed E-state index contributed by atoms with van der Waals surface area (Å²) in [5, 5.41) is 11.0. The van der Waals surface area contributed by atoms with Gasteiger partial charge in [0, 0.05) is 18.5 Å². The number of nitrogens with zero attached hydrogens (tertiary/aromatic N) is 2. The van der Waals surface area contributed by atoms with E-state index in [0.29, 0.717) is 18.8 Å². The second-order valence-electron chi connectivity index (χ2n) is 4.15. The predicted octanol–water partition coefficient (Wildman–Crippen LogP) is -0.740. The zero-order valence-corrected chi connectivity index (χ0v) is 11.3. The number of thiazole rings is 1. The van der Waals surface area contributed by atoms with E-state index in [-0.39, 0.29) is 17.5 Å². The number of sulfonamides is 1. The highest BCUT2D eigenvalue weighted by Gasteiger charge is 2.28. The van der Waals surface area contributed by atoms with E-state index < -0.39 is 16.1 Å². The monoisotopic (exact) mass is 291 g/mol. The van der Waals surface area contributed by atoms with E-state index in [1.165, 1.54) is 4.90 Å². The summed E-state index contributed by atoms with van der Waals surface area (Å²) in [6.07, 6.45) is 0.738. The molecule has 100 valence electrons. The summed E-state index contributed by atoms with van der Waals surface area (Å²) < 4.78 is 24.2. The van der Waals surface area contributed by atoms with Crippen molar-refractivity contribution in [3.8, 4) is 0 Å². The van der Waals surface area contributed by atoms with E-state index in [1.54, 1.807) is 5.38 Å². The van der Waals surface area contributed by atoms with E-state index in [1.807, 2.05) is 0 Å². The molecule has 0 atom stereocenters. The summed E-state index contributed by atoms with van der Waals surface area (Å²) in [6.45, 7) is 0.717. The lowest BCUT2D eigenvalue weighted by Crippen LogP contribution is -2.53. The van der Waals surface area contributed by atoms with Crippen molar-refractivity contribution in [1.29, 1.82) is 0 Å². The molecule has 2 rings (SSSR count). The van der Waals surface area contributed by atoms with Crippen LogP contribution in [0.3, 0.4) is 0 Å². The summed E-state index contributed by atoms with van der Waals surface area (Å²) in [5.74, 6) is -0.114. The summed E-state index contributed by atoms with van der Waals surface area (Å²) in [4.78, 5) is 17.2. The molecule has 1 aromatic heterocycles. The number of amides is 1. The zero-order chi connectivity index (χ0) is 13.3. The van der Waals surface area contributed by atoms with Crippen molar-refractivity contribution in [2.24, 2.45) is 0 Å². The Bertz CT molecular complexity index is 548. The largest absolute Gasteiger partial charge is 0.389 e. The molecule has 1 aliphatic heterocycles. The van der Waals surface area contributed by atoms with Gasteiger partial charge >= 0.3 is 0 Å². The fourth-order valence-corrected chi connectivity index (χ4v) is 3.08. The number of β-amino-alcohol motifs (C(OH)–C–C–N with tert-alkyl or cyclic N) is 1. The number of hydrogen-bond donors (Lipinski definition) is 2. The van der Waals surface area contributed by atoms with Gasteiger partial charge in [0.1, 0.15) is 0 Å². The van der Waals surface area contributed by atoms with E-state index in [0.717, 1.165) is 17.6 Å². The second-order valence-corrected chi connectivity index (χ2v) is 6.75. The number of hydrogen-bond acceptors (Lipinski definition) is 6. The summed E-state index contributed by atoms with van der Waals surface area (Å²) in [5.41, 5.74) is 0.525.